The summed E-state index contributed by atoms with van der Waals surface area (Å²) in [6.07, 6.45) is 0.567. The van der Waals surface area contributed by atoms with Gasteiger partial charge in [0.2, 0.25) is 0 Å². The average molecular weight is 386 g/mol. The van der Waals surface area contributed by atoms with Crippen molar-refractivity contribution in [1.82, 2.24) is 20.2 Å². The molecule has 2 saturated heterocycles. The van der Waals surface area contributed by atoms with Gasteiger partial charge >= 0.3 is 0 Å². The Hall–Kier alpha value is -1.77. The van der Waals surface area contributed by atoms with Crippen LogP contribution in [0.4, 0.5) is 13.2 Å². The van der Waals surface area contributed by atoms with Crippen molar-refractivity contribution in [2.45, 2.75) is 19.6 Å². The van der Waals surface area contributed by atoms with E-state index < -0.39 is 23.7 Å². The van der Waals surface area contributed by atoms with Crippen molar-refractivity contribution in [2.24, 2.45) is 10.9 Å². The number of likely N-dealkylation sites (tertiary alicyclic amines) is 1. The summed E-state index contributed by atoms with van der Waals surface area (Å²) < 4.78 is 42.5. The molecule has 0 radical (unpaired) electrons. The van der Waals surface area contributed by atoms with Gasteiger partial charge in [0.25, 0.3) is 0 Å². The minimum absolute atomic E-state index is 0.0146. The van der Waals surface area contributed by atoms with E-state index in [-0.39, 0.29) is 16.3 Å². The van der Waals surface area contributed by atoms with E-state index in [0.29, 0.717) is 30.5 Å². The fourth-order valence-electron chi connectivity index (χ4n) is 3.70. The highest BCUT2D eigenvalue weighted by atomic mass is 35.5. The minimum Gasteiger partial charge on any atom is -0.356 e. The maximum atomic E-state index is 14.5. The zero-order valence-electron chi connectivity index (χ0n) is 14.4. The van der Waals surface area contributed by atoms with Crippen molar-refractivity contribution in [3.8, 4) is 0 Å². The van der Waals surface area contributed by atoms with Crippen LogP contribution in [0.25, 0.3) is 5.57 Å². The van der Waals surface area contributed by atoms with Crippen LogP contribution in [-0.2, 0) is 0 Å². The molecule has 2 atom stereocenters. The maximum Gasteiger partial charge on any atom is 0.196 e. The molecular weight excluding hydrogens is 367 g/mol. The Morgan fingerprint density at radius 2 is 1.92 bits per heavy atom. The molecule has 2 fully saturated rings. The number of hydrogen-bond donors (Lipinski definition) is 1. The molecule has 0 aromatic heterocycles. The van der Waals surface area contributed by atoms with Gasteiger partial charge in [0.05, 0.1) is 17.8 Å². The number of fused-ring (bicyclic) bond motifs is 1. The van der Waals surface area contributed by atoms with E-state index in [1.807, 2.05) is 11.9 Å². The van der Waals surface area contributed by atoms with Gasteiger partial charge in [0.1, 0.15) is 28.4 Å². The maximum absolute atomic E-state index is 14.5. The number of allylic oxidation sites excluding steroid dienone is 1. The molecule has 0 amide bonds. The van der Waals surface area contributed by atoms with E-state index in [2.05, 4.69) is 22.2 Å². The van der Waals surface area contributed by atoms with Gasteiger partial charge in [-0.2, -0.15) is 0 Å². The largest absolute Gasteiger partial charge is 0.356 e. The van der Waals surface area contributed by atoms with E-state index in [1.54, 1.807) is 5.01 Å². The second-order valence-corrected chi connectivity index (χ2v) is 7.35. The lowest BCUT2D eigenvalue weighted by molar-refractivity contribution is 0.131. The first-order chi connectivity index (χ1) is 12.4. The summed E-state index contributed by atoms with van der Waals surface area (Å²) in [7, 11) is 1.87. The van der Waals surface area contributed by atoms with Crippen LogP contribution in [0.3, 0.4) is 0 Å². The Labute approximate surface area is 154 Å². The van der Waals surface area contributed by atoms with E-state index in [4.69, 9.17) is 11.6 Å². The molecule has 140 valence electrons. The topological polar surface area (TPSA) is 34.1 Å². The highest BCUT2D eigenvalue weighted by Crippen LogP contribution is 2.38. The zero-order chi connectivity index (χ0) is 18.6. The number of hydrazine groups is 1. The van der Waals surface area contributed by atoms with Crippen molar-refractivity contribution in [2.75, 3.05) is 26.8 Å². The molecule has 1 N–H and O–H groups in total. The van der Waals surface area contributed by atoms with E-state index in [1.165, 1.54) is 0 Å². The van der Waals surface area contributed by atoms with Crippen LogP contribution in [0.5, 0.6) is 0 Å². The number of hydrogen-bond acceptors (Lipinski definition) is 5. The number of benzene rings is 1. The Balaban J connectivity index is 1.93. The quantitative estimate of drug-likeness (QED) is 0.849. The fourth-order valence-corrected chi connectivity index (χ4v) is 3.97. The third kappa shape index (κ3) is 2.76. The molecule has 3 heterocycles. The third-order valence-corrected chi connectivity index (χ3v) is 5.27. The van der Waals surface area contributed by atoms with Crippen LogP contribution in [0.2, 0.25) is 0 Å². The van der Waals surface area contributed by atoms with Gasteiger partial charge in [0, 0.05) is 25.2 Å². The second-order valence-electron chi connectivity index (χ2n) is 6.99. The van der Waals surface area contributed by atoms with Gasteiger partial charge in [-0.15, -0.1) is 0 Å². The van der Waals surface area contributed by atoms with E-state index in [9.17, 15) is 13.2 Å². The number of nitrogens with one attached hydrogen (secondary N) is 1. The number of nitrogens with zero attached hydrogens (tertiary/aromatic N) is 4. The third-order valence-electron chi connectivity index (χ3n) is 4.98. The number of aliphatic imine (C=N–C) groups is 1. The predicted molar refractivity (Wildman–Crippen MR) is 93.3 cm³/mol. The molecule has 5 nitrogen and oxygen atoms in total. The second kappa shape index (κ2) is 6.44. The summed E-state index contributed by atoms with van der Waals surface area (Å²) in [5, 5.41) is 1.79. The van der Waals surface area contributed by atoms with Crippen molar-refractivity contribution < 1.29 is 13.2 Å². The number of halogens is 4. The molecule has 0 saturated carbocycles. The van der Waals surface area contributed by atoms with Crippen LogP contribution in [-0.4, -0.2) is 53.1 Å². The molecule has 0 spiro atoms. The van der Waals surface area contributed by atoms with Gasteiger partial charge in [-0.1, -0.05) is 18.5 Å². The monoisotopic (exact) mass is 385 g/mol. The lowest BCUT2D eigenvalue weighted by Gasteiger charge is -2.38. The van der Waals surface area contributed by atoms with Crippen molar-refractivity contribution in [3.05, 3.63) is 41.0 Å². The molecular formula is C17H19ClF3N5. The highest BCUT2D eigenvalue weighted by Gasteiger charge is 2.41. The molecule has 0 bridgehead atoms. The molecule has 3 aliphatic rings. The summed E-state index contributed by atoms with van der Waals surface area (Å²) in [6.45, 7) is 4.12. The number of rotatable bonds is 2. The van der Waals surface area contributed by atoms with Crippen LogP contribution >= 0.6 is 11.6 Å². The SMILES string of the molecule is CC1CCN(C2=C(c3c(F)cc(F)cc3F)C(Cl)=NC3N(C)CNN23)C1. The Morgan fingerprint density at radius 1 is 1.23 bits per heavy atom. The first-order valence-electron chi connectivity index (χ1n) is 8.47. The van der Waals surface area contributed by atoms with Gasteiger partial charge in [-0.3, -0.25) is 9.91 Å². The Kier molecular flexibility index (Phi) is 4.37. The lowest BCUT2D eigenvalue weighted by atomic mass is 10.0. The van der Waals surface area contributed by atoms with Gasteiger partial charge in [0.15, 0.2) is 6.29 Å². The summed E-state index contributed by atoms with van der Waals surface area (Å²) in [4.78, 5) is 8.37. The summed E-state index contributed by atoms with van der Waals surface area (Å²) >= 11 is 6.40. The smallest absolute Gasteiger partial charge is 0.196 e. The first kappa shape index (κ1) is 17.6. The predicted octanol–water partition coefficient (Wildman–Crippen LogP) is 2.76. The standard InChI is InChI=1S/C17H19ClF3N5/c1-9-3-4-25(7-9)16-14(13-11(20)5-10(19)6-12(13)21)15(18)23-17-24(2)8-22-26(16)17/h5-6,9,17,22H,3-4,7-8H2,1-2H3. The molecule has 3 aliphatic heterocycles. The molecule has 9 heteroatoms. The molecule has 26 heavy (non-hydrogen) atoms. The lowest BCUT2D eigenvalue weighted by Crippen LogP contribution is -2.47. The van der Waals surface area contributed by atoms with Crippen LogP contribution in [0.15, 0.2) is 22.9 Å². The normalized spacial score (nSPS) is 26.6. The Morgan fingerprint density at radius 3 is 2.54 bits per heavy atom. The fraction of sp³-hybridized carbons (Fsp3) is 0.471. The van der Waals surface area contributed by atoms with Crippen molar-refractivity contribution >= 4 is 22.3 Å². The highest BCUT2D eigenvalue weighted by molar-refractivity contribution is 6.76. The van der Waals surface area contributed by atoms with Crippen LogP contribution < -0.4 is 5.43 Å². The molecule has 1 aromatic rings. The molecule has 2 unspecified atom stereocenters. The van der Waals surface area contributed by atoms with Crippen molar-refractivity contribution in [3.63, 3.8) is 0 Å². The van der Waals surface area contributed by atoms with E-state index in [0.717, 1.165) is 19.5 Å². The first-order valence-corrected chi connectivity index (χ1v) is 8.85. The van der Waals surface area contributed by atoms with Crippen LogP contribution in [0.1, 0.15) is 18.9 Å². The summed E-state index contributed by atoms with van der Waals surface area (Å²) in [5.74, 6) is -1.94. The Bertz CT molecular complexity index is 789. The summed E-state index contributed by atoms with van der Waals surface area (Å²) in [6, 6.07) is 1.32. The van der Waals surface area contributed by atoms with Gasteiger partial charge in [-0.05, 0) is 19.4 Å². The molecule has 0 aliphatic carbocycles. The van der Waals surface area contributed by atoms with Crippen molar-refractivity contribution in [1.29, 1.82) is 0 Å². The van der Waals surface area contributed by atoms with Crippen LogP contribution in [0, 0.1) is 23.4 Å². The van der Waals surface area contributed by atoms with E-state index >= 15 is 0 Å². The van der Waals surface area contributed by atoms with Gasteiger partial charge < -0.3 is 4.90 Å². The van der Waals surface area contributed by atoms with Gasteiger partial charge in [-0.25, -0.2) is 23.6 Å². The average Bonchev–Trinajstić information content (AvgIpc) is 3.13. The zero-order valence-corrected chi connectivity index (χ0v) is 15.2. The molecule has 1 aromatic carbocycles. The minimum atomic E-state index is -0.999. The molecule has 4 rings (SSSR count). The summed E-state index contributed by atoms with van der Waals surface area (Å²) in [5.41, 5.74) is 2.99.